The summed E-state index contributed by atoms with van der Waals surface area (Å²) in [5, 5.41) is 2.97. The minimum atomic E-state index is -0.0802. The zero-order valence-electron chi connectivity index (χ0n) is 10.4. The van der Waals surface area contributed by atoms with Crippen molar-refractivity contribution in [3.05, 3.63) is 61.6 Å². The molecule has 1 N–H and O–H groups in total. The molecule has 1 amide bonds. The van der Waals surface area contributed by atoms with E-state index in [1.807, 2.05) is 24.3 Å². The van der Waals surface area contributed by atoms with Crippen LogP contribution in [0.1, 0.15) is 22.8 Å². The summed E-state index contributed by atoms with van der Waals surface area (Å²) >= 11 is 5.64. The third kappa shape index (κ3) is 3.79. The van der Waals surface area contributed by atoms with Crippen LogP contribution in [0.3, 0.4) is 0 Å². The molecule has 4 heteroatoms. The lowest BCUT2D eigenvalue weighted by atomic mass is 10.1. The number of anilines is 1. The lowest BCUT2D eigenvalue weighted by Gasteiger charge is -2.10. The van der Waals surface area contributed by atoms with Crippen molar-refractivity contribution in [2.24, 2.45) is 0 Å². The van der Waals surface area contributed by atoms with Crippen LogP contribution >= 0.6 is 38.5 Å². The molecule has 2 rings (SSSR count). The van der Waals surface area contributed by atoms with Crippen molar-refractivity contribution in [2.75, 3.05) is 5.32 Å². The number of aryl methyl sites for hydroxylation is 1. The number of benzene rings is 2. The Morgan fingerprint density at radius 3 is 2.53 bits per heavy atom. The van der Waals surface area contributed by atoms with Gasteiger partial charge in [-0.2, -0.15) is 0 Å². The summed E-state index contributed by atoms with van der Waals surface area (Å²) in [6.45, 7) is 2.08. The van der Waals surface area contributed by atoms with Crippen LogP contribution < -0.4 is 5.32 Å². The molecule has 2 aromatic carbocycles. The van der Waals surface area contributed by atoms with Gasteiger partial charge in [0.15, 0.2) is 0 Å². The first kappa shape index (κ1) is 14.5. The largest absolute Gasteiger partial charge is 0.322 e. The molecule has 0 aliphatic carbocycles. The fourth-order valence-corrected chi connectivity index (χ4v) is 2.59. The van der Waals surface area contributed by atoms with Gasteiger partial charge in [0.25, 0.3) is 5.91 Å². The topological polar surface area (TPSA) is 29.1 Å². The molecule has 2 aromatic rings. The van der Waals surface area contributed by atoms with Gasteiger partial charge in [-0.15, -0.1) is 0 Å². The van der Waals surface area contributed by atoms with E-state index in [-0.39, 0.29) is 5.91 Å². The second-order valence-electron chi connectivity index (χ2n) is 4.12. The number of halogens is 2. The van der Waals surface area contributed by atoms with Crippen molar-refractivity contribution in [3.63, 3.8) is 0 Å². The molecular formula is C15H13BrINO. The highest BCUT2D eigenvalue weighted by molar-refractivity contribution is 14.1. The summed E-state index contributed by atoms with van der Waals surface area (Å²) in [7, 11) is 0. The Bertz CT molecular complexity index is 596. The summed E-state index contributed by atoms with van der Waals surface area (Å²) in [5.41, 5.74) is 2.69. The zero-order chi connectivity index (χ0) is 13.8. The Morgan fingerprint density at radius 1 is 1.21 bits per heavy atom. The number of carbonyl (C=O) groups is 1. The normalized spacial score (nSPS) is 10.3. The average molecular weight is 430 g/mol. The molecule has 0 heterocycles. The van der Waals surface area contributed by atoms with Crippen molar-refractivity contribution in [2.45, 2.75) is 13.3 Å². The van der Waals surface area contributed by atoms with Gasteiger partial charge in [-0.25, -0.2) is 0 Å². The maximum Gasteiger partial charge on any atom is 0.255 e. The molecule has 0 spiro atoms. The van der Waals surface area contributed by atoms with Crippen LogP contribution in [0.25, 0.3) is 0 Å². The molecule has 0 saturated heterocycles. The Labute approximate surface area is 134 Å². The smallest absolute Gasteiger partial charge is 0.255 e. The minimum absolute atomic E-state index is 0.0802. The fraction of sp³-hybridized carbons (Fsp3) is 0.133. The second-order valence-corrected chi connectivity index (χ2v) is 6.28. The van der Waals surface area contributed by atoms with Gasteiger partial charge in [-0.1, -0.05) is 22.9 Å². The Hall–Kier alpha value is -0.880. The van der Waals surface area contributed by atoms with Crippen LogP contribution in [0.15, 0.2) is 46.9 Å². The number of rotatable bonds is 3. The quantitative estimate of drug-likeness (QED) is 0.693. The maximum absolute atomic E-state index is 12.2. The molecular weight excluding hydrogens is 417 g/mol. The third-order valence-electron chi connectivity index (χ3n) is 2.80. The van der Waals surface area contributed by atoms with E-state index in [1.54, 1.807) is 12.1 Å². The van der Waals surface area contributed by atoms with Crippen molar-refractivity contribution in [1.82, 2.24) is 0 Å². The van der Waals surface area contributed by atoms with Crippen LogP contribution in [-0.4, -0.2) is 5.91 Å². The molecule has 0 aliphatic heterocycles. The first-order chi connectivity index (χ1) is 9.10. The van der Waals surface area contributed by atoms with Gasteiger partial charge in [-0.05, 0) is 77.0 Å². The summed E-state index contributed by atoms with van der Waals surface area (Å²) in [5.74, 6) is -0.0802. The number of hydrogen-bond donors (Lipinski definition) is 1. The van der Waals surface area contributed by atoms with E-state index in [2.05, 4.69) is 56.8 Å². The van der Waals surface area contributed by atoms with Gasteiger partial charge in [0, 0.05) is 19.3 Å². The molecule has 2 nitrogen and oxygen atoms in total. The summed E-state index contributed by atoms with van der Waals surface area (Å²) in [4.78, 5) is 12.2. The zero-order valence-corrected chi connectivity index (χ0v) is 14.2. The Kier molecular flexibility index (Phi) is 4.99. The minimum Gasteiger partial charge on any atom is -0.322 e. The third-order valence-corrected chi connectivity index (χ3v) is 4.00. The van der Waals surface area contributed by atoms with Gasteiger partial charge in [0.05, 0.1) is 0 Å². The van der Waals surface area contributed by atoms with Crippen molar-refractivity contribution in [1.29, 1.82) is 0 Å². The highest BCUT2D eigenvalue weighted by Crippen LogP contribution is 2.20. The maximum atomic E-state index is 12.2. The van der Waals surface area contributed by atoms with E-state index in [1.165, 1.54) is 3.57 Å². The summed E-state index contributed by atoms with van der Waals surface area (Å²) in [6, 6.07) is 13.4. The van der Waals surface area contributed by atoms with Crippen LogP contribution in [0.4, 0.5) is 5.69 Å². The van der Waals surface area contributed by atoms with E-state index in [4.69, 9.17) is 0 Å². The lowest BCUT2D eigenvalue weighted by Crippen LogP contribution is -2.13. The standard InChI is InChI=1S/C15H13BrINO/c1-2-10-9-13(17)7-8-14(10)18-15(19)11-3-5-12(16)6-4-11/h3-9H,2H2,1H3,(H,18,19). The van der Waals surface area contributed by atoms with Gasteiger partial charge in [0.2, 0.25) is 0 Å². The van der Waals surface area contributed by atoms with E-state index in [0.29, 0.717) is 5.56 Å². The SMILES string of the molecule is CCc1cc(I)ccc1NC(=O)c1ccc(Br)cc1. The molecule has 0 radical (unpaired) electrons. The summed E-state index contributed by atoms with van der Waals surface area (Å²) < 4.78 is 2.14. The molecule has 0 saturated carbocycles. The molecule has 0 atom stereocenters. The predicted octanol–water partition coefficient (Wildman–Crippen LogP) is 4.87. The molecule has 0 aromatic heterocycles. The van der Waals surface area contributed by atoms with Crippen molar-refractivity contribution in [3.8, 4) is 0 Å². The predicted molar refractivity (Wildman–Crippen MR) is 90.6 cm³/mol. The molecule has 0 fully saturated rings. The molecule has 19 heavy (non-hydrogen) atoms. The second kappa shape index (κ2) is 6.52. The number of nitrogens with one attached hydrogen (secondary N) is 1. The lowest BCUT2D eigenvalue weighted by molar-refractivity contribution is 0.102. The highest BCUT2D eigenvalue weighted by atomic mass is 127. The van der Waals surface area contributed by atoms with E-state index in [0.717, 1.165) is 22.1 Å². The molecule has 0 aliphatic rings. The number of amides is 1. The Balaban J connectivity index is 2.21. The average Bonchev–Trinajstić information content (AvgIpc) is 2.41. The molecule has 98 valence electrons. The van der Waals surface area contributed by atoms with Crippen molar-refractivity contribution >= 4 is 50.1 Å². The van der Waals surface area contributed by atoms with E-state index < -0.39 is 0 Å². The van der Waals surface area contributed by atoms with Gasteiger partial charge >= 0.3 is 0 Å². The van der Waals surface area contributed by atoms with Gasteiger partial charge in [-0.3, -0.25) is 4.79 Å². The molecule has 0 bridgehead atoms. The number of carbonyl (C=O) groups excluding carboxylic acids is 1. The van der Waals surface area contributed by atoms with Crippen LogP contribution in [0.2, 0.25) is 0 Å². The van der Waals surface area contributed by atoms with Gasteiger partial charge < -0.3 is 5.32 Å². The Morgan fingerprint density at radius 2 is 1.89 bits per heavy atom. The van der Waals surface area contributed by atoms with Crippen LogP contribution in [0.5, 0.6) is 0 Å². The monoisotopic (exact) mass is 429 g/mol. The first-order valence-electron chi connectivity index (χ1n) is 5.95. The van der Waals surface area contributed by atoms with Crippen LogP contribution in [-0.2, 0) is 6.42 Å². The highest BCUT2D eigenvalue weighted by Gasteiger charge is 2.08. The fourth-order valence-electron chi connectivity index (χ4n) is 1.77. The van der Waals surface area contributed by atoms with Crippen molar-refractivity contribution < 1.29 is 4.79 Å². The number of hydrogen-bond acceptors (Lipinski definition) is 1. The van der Waals surface area contributed by atoms with E-state index >= 15 is 0 Å². The first-order valence-corrected chi connectivity index (χ1v) is 7.82. The molecule has 0 unspecified atom stereocenters. The van der Waals surface area contributed by atoms with Crippen LogP contribution in [0, 0.1) is 3.57 Å². The van der Waals surface area contributed by atoms with Gasteiger partial charge in [0.1, 0.15) is 0 Å². The van der Waals surface area contributed by atoms with E-state index in [9.17, 15) is 4.79 Å². The summed E-state index contributed by atoms with van der Waals surface area (Å²) in [6.07, 6.45) is 0.896.